The summed E-state index contributed by atoms with van der Waals surface area (Å²) in [6.45, 7) is 3.84. The van der Waals surface area contributed by atoms with E-state index in [0.717, 1.165) is 27.2 Å². The van der Waals surface area contributed by atoms with E-state index in [9.17, 15) is 4.79 Å². The number of benzene rings is 2. The highest BCUT2D eigenvalue weighted by Gasteiger charge is 2.08. The molecule has 1 amide bonds. The minimum absolute atomic E-state index is 0.178. The average Bonchev–Trinajstić information content (AvgIpc) is 2.54. The first-order valence-electron chi connectivity index (χ1n) is 7.76. The molecule has 0 saturated heterocycles. The molecule has 0 unspecified atom stereocenters. The number of hydrogen-bond donors (Lipinski definition) is 2. The molecule has 1 heterocycles. The summed E-state index contributed by atoms with van der Waals surface area (Å²) in [5.41, 5.74) is 3.81. The fourth-order valence-electron chi connectivity index (χ4n) is 2.42. The molecule has 126 valence electrons. The predicted molar refractivity (Wildman–Crippen MR) is 103 cm³/mol. The third-order valence-electron chi connectivity index (χ3n) is 3.45. The van der Waals surface area contributed by atoms with E-state index in [1.807, 2.05) is 56.3 Å². The molecule has 25 heavy (non-hydrogen) atoms. The maximum absolute atomic E-state index is 12.5. The van der Waals surface area contributed by atoms with Gasteiger partial charge in [0.15, 0.2) is 0 Å². The van der Waals surface area contributed by atoms with Gasteiger partial charge in [-0.1, -0.05) is 28.1 Å². The van der Waals surface area contributed by atoms with Crippen molar-refractivity contribution in [2.24, 2.45) is 0 Å². The van der Waals surface area contributed by atoms with Gasteiger partial charge in [0.25, 0.3) is 5.91 Å². The van der Waals surface area contributed by atoms with E-state index >= 15 is 0 Å². The maximum atomic E-state index is 12.5. The number of amides is 1. The van der Waals surface area contributed by atoms with Crippen molar-refractivity contribution in [2.75, 3.05) is 10.6 Å². The average molecular weight is 397 g/mol. The van der Waals surface area contributed by atoms with Gasteiger partial charge in [0.2, 0.25) is 5.95 Å². The van der Waals surface area contributed by atoms with Crippen LogP contribution in [0.5, 0.6) is 0 Å². The monoisotopic (exact) mass is 396 g/mol. The SMILES string of the molecule is Cc1cc(C)nc(Nc2cccc(C(=O)Nc3cccc(Br)c3)c2)n1. The molecule has 5 nitrogen and oxygen atoms in total. The number of rotatable bonds is 4. The Kier molecular flexibility index (Phi) is 5.09. The standard InChI is InChI=1S/C19H17BrN4O/c1-12-9-13(2)22-19(21-12)24-16-7-3-5-14(10-16)18(25)23-17-8-4-6-15(20)11-17/h3-11H,1-2H3,(H,23,25)(H,21,22,24). The van der Waals surface area contributed by atoms with Gasteiger partial charge in [-0.2, -0.15) is 0 Å². The van der Waals surface area contributed by atoms with E-state index in [1.54, 1.807) is 12.1 Å². The number of nitrogens with zero attached hydrogens (tertiary/aromatic N) is 2. The Balaban J connectivity index is 1.77. The van der Waals surface area contributed by atoms with Crippen molar-refractivity contribution in [2.45, 2.75) is 13.8 Å². The Labute approximate surface area is 154 Å². The third kappa shape index (κ3) is 4.64. The third-order valence-corrected chi connectivity index (χ3v) is 3.94. The molecule has 0 aliphatic heterocycles. The molecule has 3 rings (SSSR count). The van der Waals surface area contributed by atoms with E-state index in [0.29, 0.717) is 11.5 Å². The molecule has 0 atom stereocenters. The summed E-state index contributed by atoms with van der Waals surface area (Å²) >= 11 is 3.39. The van der Waals surface area contributed by atoms with E-state index in [2.05, 4.69) is 36.5 Å². The first-order chi connectivity index (χ1) is 12.0. The zero-order chi connectivity index (χ0) is 17.8. The normalized spacial score (nSPS) is 10.4. The van der Waals surface area contributed by atoms with Gasteiger partial charge in [0.05, 0.1) is 0 Å². The van der Waals surface area contributed by atoms with Gasteiger partial charge in [-0.25, -0.2) is 9.97 Å². The summed E-state index contributed by atoms with van der Waals surface area (Å²) in [7, 11) is 0. The maximum Gasteiger partial charge on any atom is 0.255 e. The molecule has 1 aromatic heterocycles. The summed E-state index contributed by atoms with van der Waals surface area (Å²) < 4.78 is 0.910. The highest BCUT2D eigenvalue weighted by molar-refractivity contribution is 9.10. The van der Waals surface area contributed by atoms with Crippen LogP contribution in [0.1, 0.15) is 21.7 Å². The number of carbonyl (C=O) groups excluding carboxylic acids is 1. The van der Waals surface area contributed by atoms with Gasteiger partial charge in [-0.15, -0.1) is 0 Å². The molecule has 2 N–H and O–H groups in total. The van der Waals surface area contributed by atoms with Crippen LogP contribution >= 0.6 is 15.9 Å². The fourth-order valence-corrected chi connectivity index (χ4v) is 2.82. The first-order valence-corrected chi connectivity index (χ1v) is 8.55. The van der Waals surface area contributed by atoms with Gasteiger partial charge < -0.3 is 10.6 Å². The van der Waals surface area contributed by atoms with Crippen LogP contribution in [0.4, 0.5) is 17.3 Å². The van der Waals surface area contributed by atoms with Crippen LogP contribution in [0.2, 0.25) is 0 Å². The highest BCUT2D eigenvalue weighted by atomic mass is 79.9. The number of nitrogens with one attached hydrogen (secondary N) is 2. The molecule has 3 aromatic rings. The number of halogens is 1. The Morgan fingerprint density at radius 3 is 2.32 bits per heavy atom. The molecule has 2 aromatic carbocycles. The second-order valence-electron chi connectivity index (χ2n) is 5.64. The molecular formula is C19H17BrN4O. The topological polar surface area (TPSA) is 66.9 Å². The van der Waals surface area contributed by atoms with Crippen molar-refractivity contribution in [3.8, 4) is 0 Å². The first kappa shape index (κ1) is 17.1. The Bertz CT molecular complexity index is 907. The second kappa shape index (κ2) is 7.44. The van der Waals surface area contributed by atoms with Crippen LogP contribution < -0.4 is 10.6 Å². The van der Waals surface area contributed by atoms with Crippen LogP contribution in [0, 0.1) is 13.8 Å². The van der Waals surface area contributed by atoms with Crippen molar-refractivity contribution in [3.63, 3.8) is 0 Å². The Hall–Kier alpha value is -2.73. The van der Waals surface area contributed by atoms with Gasteiger partial charge in [-0.05, 0) is 56.3 Å². The lowest BCUT2D eigenvalue weighted by Gasteiger charge is -2.09. The molecule has 0 aliphatic carbocycles. The zero-order valence-corrected chi connectivity index (χ0v) is 15.5. The molecule has 0 bridgehead atoms. The molecule has 0 aliphatic rings. The highest BCUT2D eigenvalue weighted by Crippen LogP contribution is 2.19. The van der Waals surface area contributed by atoms with Crippen LogP contribution in [-0.4, -0.2) is 15.9 Å². The largest absolute Gasteiger partial charge is 0.324 e. The number of hydrogen-bond acceptors (Lipinski definition) is 4. The quantitative estimate of drug-likeness (QED) is 0.661. The van der Waals surface area contributed by atoms with Crippen molar-refractivity contribution in [3.05, 3.63) is 76.0 Å². The van der Waals surface area contributed by atoms with E-state index in [1.165, 1.54) is 0 Å². The Morgan fingerprint density at radius 1 is 0.920 bits per heavy atom. The summed E-state index contributed by atoms with van der Waals surface area (Å²) in [5, 5.41) is 6.02. The number of aromatic nitrogens is 2. The summed E-state index contributed by atoms with van der Waals surface area (Å²) in [4.78, 5) is 21.2. The molecule has 0 radical (unpaired) electrons. The predicted octanol–water partition coefficient (Wildman–Crippen LogP) is 4.85. The molecule has 6 heteroatoms. The van der Waals surface area contributed by atoms with Gasteiger partial charge >= 0.3 is 0 Å². The lowest BCUT2D eigenvalue weighted by atomic mass is 10.2. The van der Waals surface area contributed by atoms with Gasteiger partial charge in [0.1, 0.15) is 0 Å². The second-order valence-corrected chi connectivity index (χ2v) is 6.56. The zero-order valence-electron chi connectivity index (χ0n) is 13.9. The number of aryl methyl sites for hydroxylation is 2. The molecule has 0 saturated carbocycles. The number of anilines is 3. The minimum Gasteiger partial charge on any atom is -0.324 e. The lowest BCUT2D eigenvalue weighted by molar-refractivity contribution is 0.102. The fraction of sp³-hybridized carbons (Fsp3) is 0.105. The van der Waals surface area contributed by atoms with Crippen LogP contribution in [0.3, 0.4) is 0 Å². The van der Waals surface area contributed by atoms with E-state index in [-0.39, 0.29) is 5.91 Å². The van der Waals surface area contributed by atoms with Crippen molar-refractivity contribution in [1.29, 1.82) is 0 Å². The van der Waals surface area contributed by atoms with Crippen molar-refractivity contribution in [1.82, 2.24) is 9.97 Å². The van der Waals surface area contributed by atoms with Crippen LogP contribution in [0.25, 0.3) is 0 Å². The summed E-state index contributed by atoms with van der Waals surface area (Å²) in [6, 6.07) is 16.6. The molecule has 0 fully saturated rings. The minimum atomic E-state index is -0.178. The lowest BCUT2D eigenvalue weighted by Crippen LogP contribution is -2.12. The van der Waals surface area contributed by atoms with Crippen LogP contribution in [0.15, 0.2) is 59.1 Å². The van der Waals surface area contributed by atoms with Crippen LogP contribution in [-0.2, 0) is 0 Å². The van der Waals surface area contributed by atoms with E-state index in [4.69, 9.17) is 0 Å². The number of carbonyl (C=O) groups is 1. The van der Waals surface area contributed by atoms with E-state index < -0.39 is 0 Å². The molecule has 0 spiro atoms. The van der Waals surface area contributed by atoms with Crippen molar-refractivity contribution >= 4 is 39.2 Å². The summed E-state index contributed by atoms with van der Waals surface area (Å²) in [6.07, 6.45) is 0. The van der Waals surface area contributed by atoms with Gasteiger partial charge in [-0.3, -0.25) is 4.79 Å². The smallest absolute Gasteiger partial charge is 0.255 e. The van der Waals surface area contributed by atoms with Gasteiger partial charge in [0, 0.05) is 32.8 Å². The molecular weight excluding hydrogens is 380 g/mol. The van der Waals surface area contributed by atoms with Crippen molar-refractivity contribution < 1.29 is 4.79 Å². The Morgan fingerprint density at radius 2 is 1.60 bits per heavy atom. The summed E-state index contributed by atoms with van der Waals surface area (Å²) in [5.74, 6) is 0.338.